The molecule has 0 bridgehead atoms. The van der Waals surface area contributed by atoms with Gasteiger partial charge >= 0.3 is 0 Å². The highest BCUT2D eigenvalue weighted by Gasteiger charge is 2.11. The maximum atomic E-state index is 13.0. The van der Waals surface area contributed by atoms with Gasteiger partial charge in [0.05, 0.1) is 18.8 Å². The van der Waals surface area contributed by atoms with Gasteiger partial charge < -0.3 is 5.11 Å². The summed E-state index contributed by atoms with van der Waals surface area (Å²) < 4.78 is 15.5. The van der Waals surface area contributed by atoms with Crippen molar-refractivity contribution in [1.82, 2.24) is 9.78 Å². The lowest BCUT2D eigenvalue weighted by Gasteiger charge is -2.07. The highest BCUT2D eigenvalue weighted by atomic mass is 79.9. The molecule has 2 aromatic rings. The fourth-order valence-corrected chi connectivity index (χ4v) is 2.40. The van der Waals surface area contributed by atoms with Crippen molar-refractivity contribution >= 4 is 15.9 Å². The number of nitrogens with zero attached hydrogens (tertiary/aromatic N) is 2. The van der Waals surface area contributed by atoms with Crippen LogP contribution in [0.5, 0.6) is 0 Å². The first-order valence-electron chi connectivity index (χ1n) is 5.60. The first kappa shape index (κ1) is 13.2. The van der Waals surface area contributed by atoms with E-state index in [1.807, 2.05) is 18.5 Å². The number of benzene rings is 1. The van der Waals surface area contributed by atoms with E-state index in [0.717, 1.165) is 27.0 Å². The van der Waals surface area contributed by atoms with Crippen molar-refractivity contribution in [3.8, 4) is 0 Å². The van der Waals surface area contributed by atoms with Crippen LogP contribution in [-0.4, -0.2) is 14.9 Å². The van der Waals surface area contributed by atoms with E-state index in [0.29, 0.717) is 6.54 Å². The molecule has 1 N–H and O–H groups in total. The van der Waals surface area contributed by atoms with Crippen LogP contribution in [0.15, 0.2) is 22.7 Å². The molecule has 1 heterocycles. The SMILES string of the molecule is Cc1nn(Cc2ccc(F)cc2Br)c(C)c1CO. The van der Waals surface area contributed by atoms with Gasteiger partial charge in [0.1, 0.15) is 5.82 Å². The van der Waals surface area contributed by atoms with Gasteiger partial charge in [-0.3, -0.25) is 4.68 Å². The molecular weight excluding hydrogens is 299 g/mol. The molecular formula is C13H14BrFN2O. The Morgan fingerprint density at radius 1 is 1.39 bits per heavy atom. The van der Waals surface area contributed by atoms with Crippen molar-refractivity contribution in [2.24, 2.45) is 0 Å². The molecule has 0 saturated carbocycles. The van der Waals surface area contributed by atoms with Crippen LogP contribution in [0.1, 0.15) is 22.5 Å². The Labute approximate surface area is 113 Å². The molecule has 0 saturated heterocycles. The normalized spacial score (nSPS) is 10.9. The topological polar surface area (TPSA) is 38.0 Å². The highest BCUT2D eigenvalue weighted by Crippen LogP contribution is 2.21. The molecule has 0 unspecified atom stereocenters. The van der Waals surface area contributed by atoms with Gasteiger partial charge in [-0.2, -0.15) is 5.10 Å². The predicted molar refractivity (Wildman–Crippen MR) is 70.8 cm³/mol. The minimum atomic E-state index is -0.268. The van der Waals surface area contributed by atoms with Gasteiger partial charge in [0.15, 0.2) is 0 Å². The Kier molecular flexibility index (Phi) is 3.82. The van der Waals surface area contributed by atoms with Crippen LogP contribution in [0, 0.1) is 19.7 Å². The summed E-state index contributed by atoms with van der Waals surface area (Å²) in [5, 5.41) is 13.6. The largest absolute Gasteiger partial charge is 0.392 e. The lowest BCUT2D eigenvalue weighted by atomic mass is 10.2. The van der Waals surface area contributed by atoms with E-state index in [-0.39, 0.29) is 12.4 Å². The lowest BCUT2D eigenvalue weighted by Crippen LogP contribution is -2.05. The fourth-order valence-electron chi connectivity index (χ4n) is 1.93. The van der Waals surface area contributed by atoms with E-state index in [1.54, 1.807) is 6.07 Å². The molecule has 0 spiro atoms. The monoisotopic (exact) mass is 312 g/mol. The number of aliphatic hydroxyl groups excluding tert-OH is 1. The second-order valence-corrected chi connectivity index (χ2v) is 5.06. The second-order valence-electron chi connectivity index (χ2n) is 4.20. The molecule has 0 amide bonds. The van der Waals surface area contributed by atoms with Crippen LogP contribution in [0.2, 0.25) is 0 Å². The smallest absolute Gasteiger partial charge is 0.124 e. The summed E-state index contributed by atoms with van der Waals surface area (Å²) in [5.41, 5.74) is 3.57. The number of hydrogen-bond donors (Lipinski definition) is 1. The molecule has 0 aliphatic rings. The Bertz CT molecular complexity index is 581. The maximum absolute atomic E-state index is 13.0. The van der Waals surface area contributed by atoms with Crippen molar-refractivity contribution in [1.29, 1.82) is 0 Å². The van der Waals surface area contributed by atoms with Gasteiger partial charge in [-0.1, -0.05) is 22.0 Å². The molecule has 0 fully saturated rings. The number of rotatable bonds is 3. The van der Waals surface area contributed by atoms with Crippen molar-refractivity contribution in [3.05, 3.63) is 51.0 Å². The summed E-state index contributed by atoms with van der Waals surface area (Å²) in [5.74, 6) is -0.268. The average molecular weight is 313 g/mol. The van der Waals surface area contributed by atoms with Gasteiger partial charge in [-0.05, 0) is 31.5 Å². The molecule has 0 aliphatic carbocycles. The zero-order valence-corrected chi connectivity index (χ0v) is 11.8. The molecule has 3 nitrogen and oxygen atoms in total. The number of hydrogen-bond acceptors (Lipinski definition) is 2. The quantitative estimate of drug-likeness (QED) is 0.946. The van der Waals surface area contributed by atoms with Crippen molar-refractivity contribution in [2.75, 3.05) is 0 Å². The van der Waals surface area contributed by atoms with Crippen LogP contribution < -0.4 is 0 Å². The van der Waals surface area contributed by atoms with Gasteiger partial charge in [0, 0.05) is 15.7 Å². The third kappa shape index (κ3) is 2.47. The zero-order valence-electron chi connectivity index (χ0n) is 10.2. The first-order valence-corrected chi connectivity index (χ1v) is 6.40. The van der Waals surface area contributed by atoms with Crippen LogP contribution in [0.4, 0.5) is 4.39 Å². The van der Waals surface area contributed by atoms with E-state index in [4.69, 9.17) is 0 Å². The van der Waals surface area contributed by atoms with Gasteiger partial charge in [0.25, 0.3) is 0 Å². The number of halogens is 2. The van der Waals surface area contributed by atoms with Gasteiger partial charge in [-0.15, -0.1) is 0 Å². The Morgan fingerprint density at radius 3 is 2.67 bits per heavy atom. The van der Waals surface area contributed by atoms with E-state index in [9.17, 15) is 9.50 Å². The molecule has 0 aliphatic heterocycles. The molecule has 18 heavy (non-hydrogen) atoms. The summed E-state index contributed by atoms with van der Waals surface area (Å²) in [6.45, 7) is 4.33. The Hall–Kier alpha value is -1.20. The molecule has 2 rings (SSSR count). The predicted octanol–water partition coefficient (Wildman–Crippen LogP) is 2.94. The minimum absolute atomic E-state index is 0.0117. The van der Waals surface area contributed by atoms with Crippen molar-refractivity contribution < 1.29 is 9.50 Å². The molecule has 1 aromatic carbocycles. The van der Waals surface area contributed by atoms with E-state index >= 15 is 0 Å². The Morgan fingerprint density at radius 2 is 2.11 bits per heavy atom. The highest BCUT2D eigenvalue weighted by molar-refractivity contribution is 9.10. The van der Waals surface area contributed by atoms with E-state index in [1.165, 1.54) is 12.1 Å². The molecule has 96 valence electrons. The summed E-state index contributed by atoms with van der Waals surface area (Å²) in [7, 11) is 0. The minimum Gasteiger partial charge on any atom is -0.392 e. The van der Waals surface area contributed by atoms with Crippen LogP contribution >= 0.6 is 15.9 Å². The standard InChI is InChI=1S/C13H14BrFN2O/c1-8-12(7-18)9(2)17(16-8)6-10-3-4-11(15)5-13(10)14/h3-5,18H,6-7H2,1-2H3. The van der Waals surface area contributed by atoms with Gasteiger partial charge in [-0.25, -0.2) is 4.39 Å². The third-order valence-electron chi connectivity index (χ3n) is 3.02. The number of aliphatic hydroxyl groups is 1. The average Bonchev–Trinajstić information content (AvgIpc) is 2.58. The van der Waals surface area contributed by atoms with Crippen LogP contribution in [-0.2, 0) is 13.2 Å². The molecule has 0 atom stereocenters. The molecule has 1 aromatic heterocycles. The summed E-state index contributed by atoms with van der Waals surface area (Å²) in [6.07, 6.45) is 0. The third-order valence-corrected chi connectivity index (χ3v) is 3.76. The van der Waals surface area contributed by atoms with E-state index in [2.05, 4.69) is 21.0 Å². The van der Waals surface area contributed by atoms with Crippen LogP contribution in [0.25, 0.3) is 0 Å². The van der Waals surface area contributed by atoms with Crippen molar-refractivity contribution in [3.63, 3.8) is 0 Å². The van der Waals surface area contributed by atoms with Crippen molar-refractivity contribution in [2.45, 2.75) is 27.0 Å². The summed E-state index contributed by atoms with van der Waals surface area (Å²) in [6, 6.07) is 4.60. The van der Waals surface area contributed by atoms with Gasteiger partial charge in [0.2, 0.25) is 0 Å². The Balaban J connectivity index is 2.34. The fraction of sp³-hybridized carbons (Fsp3) is 0.308. The second kappa shape index (κ2) is 5.20. The number of aryl methyl sites for hydroxylation is 1. The van der Waals surface area contributed by atoms with E-state index < -0.39 is 0 Å². The maximum Gasteiger partial charge on any atom is 0.124 e. The lowest BCUT2D eigenvalue weighted by molar-refractivity contribution is 0.280. The van der Waals surface area contributed by atoms with Crippen LogP contribution in [0.3, 0.4) is 0 Å². The first-order chi connectivity index (χ1) is 8.52. The number of aromatic nitrogens is 2. The molecule has 5 heteroatoms. The summed E-state index contributed by atoms with van der Waals surface area (Å²) >= 11 is 3.34. The summed E-state index contributed by atoms with van der Waals surface area (Å²) in [4.78, 5) is 0. The molecule has 0 radical (unpaired) electrons. The zero-order chi connectivity index (χ0) is 13.3.